The van der Waals surface area contributed by atoms with Crippen LogP contribution < -0.4 is 15.2 Å². The number of aromatic nitrogens is 1. The van der Waals surface area contributed by atoms with Crippen LogP contribution in [0.25, 0.3) is 6.08 Å². The minimum absolute atomic E-state index is 0.120. The van der Waals surface area contributed by atoms with Gasteiger partial charge in [-0.05, 0) is 67.9 Å². The summed E-state index contributed by atoms with van der Waals surface area (Å²) < 4.78 is 7.43. The van der Waals surface area contributed by atoms with Gasteiger partial charge >= 0.3 is 0 Å². The van der Waals surface area contributed by atoms with Crippen molar-refractivity contribution in [3.63, 3.8) is 0 Å². The first-order chi connectivity index (χ1) is 18.2. The number of nitriles is 1. The Morgan fingerprint density at radius 2 is 1.84 bits per heavy atom. The zero-order chi connectivity index (χ0) is 27.6. The van der Waals surface area contributed by atoms with E-state index in [1.807, 2.05) is 37.3 Å². The number of nitrogens with zero attached hydrogens (tertiary/aromatic N) is 4. The van der Waals surface area contributed by atoms with Gasteiger partial charge in [-0.3, -0.25) is 19.1 Å². The van der Waals surface area contributed by atoms with E-state index in [-0.39, 0.29) is 17.0 Å². The number of rotatable bonds is 7. The Morgan fingerprint density at radius 1 is 1.18 bits per heavy atom. The summed E-state index contributed by atoms with van der Waals surface area (Å²) in [5, 5.41) is 9.83. The Morgan fingerprint density at radius 3 is 2.42 bits per heavy atom. The summed E-state index contributed by atoms with van der Waals surface area (Å²) in [5.41, 5.74) is 2.28. The van der Waals surface area contributed by atoms with Crippen LogP contribution in [-0.4, -0.2) is 46.4 Å². The van der Waals surface area contributed by atoms with Crippen molar-refractivity contribution in [1.29, 1.82) is 5.26 Å². The maximum atomic E-state index is 13.5. The number of hydrogen-bond donors (Lipinski definition) is 0. The Balaban J connectivity index is 1.71. The molecule has 3 heterocycles. The average Bonchev–Trinajstić information content (AvgIpc) is 3.15. The first-order valence-corrected chi connectivity index (χ1v) is 14.2. The quantitative estimate of drug-likeness (QED) is 0.355. The van der Waals surface area contributed by atoms with Gasteiger partial charge in [0.15, 0.2) is 0 Å². The molecule has 0 aliphatic carbocycles. The SMILES string of the molecule is CCn1c(N2CC(C)CC(C)C2)c(/C=C2\SC(=S)N(CCc3ccc(OC)cc3)C2=O)c(C)c(C#N)c1=O. The Kier molecular flexibility index (Phi) is 8.64. The lowest BCUT2D eigenvalue weighted by Gasteiger charge is -2.38. The Hall–Kier alpha value is -3.09. The van der Waals surface area contributed by atoms with E-state index in [0.717, 1.165) is 42.2 Å². The minimum Gasteiger partial charge on any atom is -0.497 e. The van der Waals surface area contributed by atoms with Crippen molar-refractivity contribution < 1.29 is 9.53 Å². The van der Waals surface area contributed by atoms with Gasteiger partial charge in [-0.25, -0.2) is 0 Å². The molecule has 0 spiro atoms. The van der Waals surface area contributed by atoms with Crippen molar-refractivity contribution in [2.45, 2.75) is 47.1 Å². The van der Waals surface area contributed by atoms with Crippen molar-refractivity contribution in [2.24, 2.45) is 11.8 Å². The standard InChI is InChI=1S/C29H34N4O3S2/c1-6-32-26(31-16-18(2)13-19(3)17-31)23(20(4)24(15-30)27(32)34)14-25-28(35)33(29(37)38-25)12-11-21-7-9-22(36-5)10-8-21/h7-10,14,18-19H,6,11-13,16-17H2,1-5H3/b25-14-. The van der Waals surface area contributed by atoms with Gasteiger partial charge in [-0.15, -0.1) is 0 Å². The molecule has 9 heteroatoms. The molecule has 2 unspecified atom stereocenters. The van der Waals surface area contributed by atoms with Crippen LogP contribution in [0, 0.1) is 30.1 Å². The number of carbonyl (C=O) groups is 1. The molecule has 1 aromatic carbocycles. The number of hydrogen-bond acceptors (Lipinski definition) is 7. The zero-order valence-electron chi connectivity index (χ0n) is 22.6. The number of thiocarbonyl (C=S) groups is 1. The van der Waals surface area contributed by atoms with Crippen molar-refractivity contribution in [2.75, 3.05) is 31.6 Å². The summed E-state index contributed by atoms with van der Waals surface area (Å²) in [6.45, 7) is 10.7. The van der Waals surface area contributed by atoms with Crippen molar-refractivity contribution in [3.8, 4) is 11.8 Å². The maximum absolute atomic E-state index is 13.5. The second kappa shape index (κ2) is 11.7. The van der Waals surface area contributed by atoms with Crippen LogP contribution in [-0.2, 0) is 17.8 Å². The molecular weight excluding hydrogens is 516 g/mol. The van der Waals surface area contributed by atoms with Crippen LogP contribution in [0.2, 0.25) is 0 Å². The fourth-order valence-corrected chi connectivity index (χ4v) is 6.76. The van der Waals surface area contributed by atoms with E-state index in [1.54, 1.807) is 23.5 Å². The molecule has 2 saturated heterocycles. The van der Waals surface area contributed by atoms with Gasteiger partial charge in [-0.1, -0.05) is 50.0 Å². The summed E-state index contributed by atoms with van der Waals surface area (Å²) in [7, 11) is 1.63. The van der Waals surface area contributed by atoms with E-state index < -0.39 is 0 Å². The summed E-state index contributed by atoms with van der Waals surface area (Å²) in [5.74, 6) is 2.37. The number of carbonyl (C=O) groups excluding carboxylic acids is 1. The molecule has 1 aromatic heterocycles. The molecule has 0 saturated carbocycles. The first-order valence-electron chi connectivity index (χ1n) is 13.0. The van der Waals surface area contributed by atoms with Gasteiger partial charge in [0, 0.05) is 31.7 Å². The van der Waals surface area contributed by atoms with Crippen LogP contribution in [0.4, 0.5) is 5.82 Å². The van der Waals surface area contributed by atoms with E-state index in [2.05, 4.69) is 24.8 Å². The van der Waals surface area contributed by atoms with Crippen LogP contribution in [0.3, 0.4) is 0 Å². The lowest BCUT2D eigenvalue weighted by Crippen LogP contribution is -2.42. The molecule has 2 atom stereocenters. The Labute approximate surface area is 234 Å². The van der Waals surface area contributed by atoms with Gasteiger partial charge < -0.3 is 9.64 Å². The van der Waals surface area contributed by atoms with Crippen LogP contribution in [0.15, 0.2) is 34.0 Å². The van der Waals surface area contributed by atoms with Crippen molar-refractivity contribution in [1.82, 2.24) is 9.47 Å². The van der Waals surface area contributed by atoms with Crippen molar-refractivity contribution in [3.05, 3.63) is 61.8 Å². The van der Waals surface area contributed by atoms with E-state index in [0.29, 0.717) is 46.1 Å². The smallest absolute Gasteiger partial charge is 0.270 e. The van der Waals surface area contributed by atoms with E-state index in [4.69, 9.17) is 17.0 Å². The number of methoxy groups -OCH3 is 1. The number of thioether (sulfide) groups is 1. The van der Waals surface area contributed by atoms with Crippen LogP contribution in [0.5, 0.6) is 5.75 Å². The van der Waals surface area contributed by atoms with E-state index >= 15 is 0 Å². The van der Waals surface area contributed by atoms with Gasteiger partial charge in [0.05, 0.1) is 12.0 Å². The largest absolute Gasteiger partial charge is 0.497 e. The molecule has 2 aromatic rings. The molecule has 200 valence electrons. The average molecular weight is 551 g/mol. The molecular formula is C29H34N4O3S2. The number of ether oxygens (including phenoxy) is 1. The minimum atomic E-state index is -0.280. The molecule has 4 rings (SSSR count). The highest BCUT2D eigenvalue weighted by Crippen LogP contribution is 2.37. The highest BCUT2D eigenvalue weighted by atomic mass is 32.2. The molecule has 7 nitrogen and oxygen atoms in total. The fourth-order valence-electron chi connectivity index (χ4n) is 5.47. The van der Waals surface area contributed by atoms with Gasteiger partial charge in [0.1, 0.15) is 27.5 Å². The number of anilines is 1. The van der Waals surface area contributed by atoms with E-state index in [9.17, 15) is 14.9 Å². The fraction of sp³-hybridized carbons (Fsp3) is 0.448. The number of piperidine rings is 1. The Bertz CT molecular complexity index is 1360. The molecule has 2 fully saturated rings. The lowest BCUT2D eigenvalue weighted by molar-refractivity contribution is -0.122. The summed E-state index contributed by atoms with van der Waals surface area (Å²) in [6, 6.07) is 9.89. The van der Waals surface area contributed by atoms with E-state index in [1.165, 1.54) is 11.8 Å². The summed E-state index contributed by atoms with van der Waals surface area (Å²) >= 11 is 6.87. The van der Waals surface area contributed by atoms with Gasteiger partial charge in [0.25, 0.3) is 11.5 Å². The number of benzene rings is 1. The van der Waals surface area contributed by atoms with Gasteiger partial charge in [-0.2, -0.15) is 5.26 Å². The third kappa shape index (κ3) is 5.52. The third-order valence-electron chi connectivity index (χ3n) is 7.26. The maximum Gasteiger partial charge on any atom is 0.270 e. The van der Waals surface area contributed by atoms with Crippen LogP contribution >= 0.6 is 24.0 Å². The second-order valence-electron chi connectivity index (χ2n) is 10.2. The second-order valence-corrected chi connectivity index (χ2v) is 11.9. The number of amides is 1. The molecule has 2 aliphatic heterocycles. The van der Waals surface area contributed by atoms with Crippen molar-refractivity contribution >= 4 is 46.1 Å². The highest BCUT2D eigenvalue weighted by molar-refractivity contribution is 8.26. The summed E-state index contributed by atoms with van der Waals surface area (Å²) in [4.78, 5) is 31.2. The molecule has 38 heavy (non-hydrogen) atoms. The monoisotopic (exact) mass is 550 g/mol. The lowest BCUT2D eigenvalue weighted by atomic mass is 9.91. The highest BCUT2D eigenvalue weighted by Gasteiger charge is 2.34. The summed E-state index contributed by atoms with van der Waals surface area (Å²) in [6.07, 6.45) is 3.63. The predicted octanol–water partition coefficient (Wildman–Crippen LogP) is 4.98. The zero-order valence-corrected chi connectivity index (χ0v) is 24.2. The van der Waals surface area contributed by atoms with Gasteiger partial charge in [0.2, 0.25) is 0 Å². The molecule has 0 bridgehead atoms. The molecule has 1 amide bonds. The third-order valence-corrected chi connectivity index (χ3v) is 8.64. The molecule has 0 radical (unpaired) electrons. The predicted molar refractivity (Wildman–Crippen MR) is 158 cm³/mol. The number of pyridine rings is 1. The molecule has 0 N–H and O–H groups in total. The molecule has 2 aliphatic rings. The topological polar surface area (TPSA) is 78.6 Å². The van der Waals surface area contributed by atoms with Crippen LogP contribution in [0.1, 0.15) is 49.4 Å². The first kappa shape index (κ1) is 27.9. The normalized spacial score (nSPS) is 20.8.